The maximum Gasteiger partial charge on any atom is 0.157 e. The number of hydrogen-bond acceptors (Lipinski definition) is 5. The number of hydrogen-bond donors (Lipinski definition) is 1. The number of carbonyl (C=O) groups excluding carboxylic acids is 1. The summed E-state index contributed by atoms with van der Waals surface area (Å²) in [4.78, 5) is 15.9. The first-order valence-electron chi connectivity index (χ1n) is 8.80. The molecule has 0 saturated carbocycles. The van der Waals surface area contributed by atoms with Crippen molar-refractivity contribution in [2.45, 2.75) is 25.3 Å². The largest absolute Gasteiger partial charge is 0.507 e. The number of phenols is 1. The smallest absolute Gasteiger partial charge is 0.157 e. The summed E-state index contributed by atoms with van der Waals surface area (Å²) in [5.41, 5.74) is 2.68. The number of aromatic nitrogens is 3. The van der Waals surface area contributed by atoms with Crippen LogP contribution in [0.25, 0.3) is 11.3 Å². The Hall–Kier alpha value is -3.02. The lowest BCUT2D eigenvalue weighted by Crippen LogP contribution is -2.36. The van der Waals surface area contributed by atoms with Crippen LogP contribution in [-0.2, 0) is 5.40 Å². The summed E-state index contributed by atoms with van der Waals surface area (Å²) in [6, 6.07) is 10.7. The Bertz CT molecular complexity index is 970. The van der Waals surface area contributed by atoms with Gasteiger partial charge in [-0.1, -0.05) is 6.07 Å². The van der Waals surface area contributed by atoms with Crippen LogP contribution in [0.2, 0.25) is 0 Å². The van der Waals surface area contributed by atoms with Crippen molar-refractivity contribution < 1.29 is 14.6 Å². The van der Waals surface area contributed by atoms with Crippen LogP contribution in [-0.4, -0.2) is 41.8 Å². The molecular formula is C19H21B2N3O3. The SMILES string of the molecule is BC(B)(Oc1cccc(O)c1C=O)c1ncccc1-c1ccnn1C(C)C. The zero-order chi connectivity index (χ0) is 19.6. The van der Waals surface area contributed by atoms with Gasteiger partial charge >= 0.3 is 0 Å². The fraction of sp³-hybridized carbons (Fsp3) is 0.211. The van der Waals surface area contributed by atoms with E-state index in [-0.39, 0.29) is 17.4 Å². The Morgan fingerprint density at radius 1 is 1.19 bits per heavy atom. The highest BCUT2D eigenvalue weighted by Crippen LogP contribution is 2.34. The highest BCUT2D eigenvalue weighted by Gasteiger charge is 2.30. The van der Waals surface area contributed by atoms with Crippen molar-refractivity contribution in [1.29, 1.82) is 0 Å². The van der Waals surface area contributed by atoms with E-state index in [9.17, 15) is 9.90 Å². The number of nitrogens with zero attached hydrogens (tertiary/aromatic N) is 3. The molecular weight excluding hydrogens is 340 g/mol. The van der Waals surface area contributed by atoms with Gasteiger partial charge in [0.15, 0.2) is 22.0 Å². The Kier molecular flexibility index (Phi) is 5.08. The minimum absolute atomic E-state index is 0.113. The lowest BCUT2D eigenvalue weighted by Gasteiger charge is -2.29. The molecule has 0 unspecified atom stereocenters. The second-order valence-corrected chi connectivity index (χ2v) is 7.07. The van der Waals surface area contributed by atoms with Gasteiger partial charge in [0.25, 0.3) is 0 Å². The molecule has 0 saturated heterocycles. The molecule has 2 heterocycles. The molecule has 0 fully saturated rings. The van der Waals surface area contributed by atoms with E-state index in [2.05, 4.69) is 23.9 Å². The number of rotatable bonds is 6. The number of ether oxygens (including phenoxy) is 1. The zero-order valence-electron chi connectivity index (χ0n) is 15.9. The van der Waals surface area contributed by atoms with Crippen molar-refractivity contribution in [3.8, 4) is 22.8 Å². The fourth-order valence-corrected chi connectivity index (χ4v) is 3.09. The summed E-state index contributed by atoms with van der Waals surface area (Å²) in [7, 11) is 3.76. The van der Waals surface area contributed by atoms with E-state index in [1.54, 1.807) is 24.5 Å². The first kappa shape index (κ1) is 18.8. The number of aromatic hydroxyl groups is 1. The van der Waals surface area contributed by atoms with E-state index in [0.717, 1.165) is 11.3 Å². The Morgan fingerprint density at radius 2 is 1.96 bits per heavy atom. The molecule has 3 rings (SSSR count). The van der Waals surface area contributed by atoms with Gasteiger partial charge in [-0.15, -0.1) is 0 Å². The van der Waals surface area contributed by atoms with Crippen LogP contribution < -0.4 is 4.74 Å². The third kappa shape index (κ3) is 3.60. The van der Waals surface area contributed by atoms with Gasteiger partial charge in [0.1, 0.15) is 11.5 Å². The van der Waals surface area contributed by atoms with Gasteiger partial charge in [-0.2, -0.15) is 5.10 Å². The van der Waals surface area contributed by atoms with Crippen molar-refractivity contribution in [1.82, 2.24) is 14.8 Å². The summed E-state index contributed by atoms with van der Waals surface area (Å²) in [5.74, 6) is 0.196. The first-order valence-corrected chi connectivity index (χ1v) is 8.80. The van der Waals surface area contributed by atoms with Gasteiger partial charge in [0.05, 0.1) is 22.4 Å². The van der Waals surface area contributed by atoms with Crippen molar-refractivity contribution in [3.63, 3.8) is 0 Å². The number of benzene rings is 1. The summed E-state index contributed by atoms with van der Waals surface area (Å²) < 4.78 is 8.08. The lowest BCUT2D eigenvalue weighted by molar-refractivity contribution is 0.111. The maximum atomic E-state index is 11.4. The van der Waals surface area contributed by atoms with Gasteiger partial charge in [-0.25, -0.2) is 0 Å². The monoisotopic (exact) mass is 361 g/mol. The number of carbonyl (C=O) groups is 1. The van der Waals surface area contributed by atoms with Crippen LogP contribution in [0, 0.1) is 0 Å². The van der Waals surface area contributed by atoms with Crippen LogP contribution in [0.4, 0.5) is 0 Å². The Balaban J connectivity index is 2.08. The predicted octanol–water partition coefficient (Wildman–Crippen LogP) is 1.50. The molecule has 1 aromatic carbocycles. The number of aldehydes is 1. The highest BCUT2D eigenvalue weighted by atomic mass is 16.5. The van der Waals surface area contributed by atoms with Crippen LogP contribution in [0.1, 0.15) is 35.9 Å². The van der Waals surface area contributed by atoms with Crippen molar-refractivity contribution in [3.05, 3.63) is 60.0 Å². The molecule has 0 radical (unpaired) electrons. The second kappa shape index (κ2) is 7.31. The second-order valence-electron chi connectivity index (χ2n) is 7.07. The maximum absolute atomic E-state index is 11.4. The summed E-state index contributed by atoms with van der Waals surface area (Å²) in [5, 5.41) is 13.5. The molecule has 0 aliphatic heterocycles. The van der Waals surface area contributed by atoms with Crippen LogP contribution in [0.5, 0.6) is 11.5 Å². The standard InChI is InChI=1S/C19H21B2N3O3/c1-12(2)24-15(8-10-23-24)13-5-4-9-22-18(13)19(20,21)27-17-7-3-6-16(26)14(17)11-25/h3-12,26H,20-21H2,1-2H3. The minimum Gasteiger partial charge on any atom is -0.507 e. The highest BCUT2D eigenvalue weighted by molar-refractivity contribution is 6.39. The first-order chi connectivity index (χ1) is 12.8. The van der Waals surface area contributed by atoms with E-state index >= 15 is 0 Å². The molecule has 8 heteroatoms. The summed E-state index contributed by atoms with van der Waals surface area (Å²) in [6.07, 6.45) is 4.07. The Morgan fingerprint density at radius 3 is 2.67 bits per heavy atom. The van der Waals surface area contributed by atoms with Crippen molar-refractivity contribution >= 4 is 22.0 Å². The van der Waals surface area contributed by atoms with E-state index in [1.807, 2.05) is 38.6 Å². The van der Waals surface area contributed by atoms with E-state index in [0.29, 0.717) is 17.7 Å². The molecule has 3 aromatic rings. The molecule has 6 nitrogen and oxygen atoms in total. The van der Waals surface area contributed by atoms with Crippen LogP contribution in [0.15, 0.2) is 48.8 Å². The van der Waals surface area contributed by atoms with E-state index in [4.69, 9.17) is 4.74 Å². The van der Waals surface area contributed by atoms with Gasteiger partial charge in [0.2, 0.25) is 0 Å². The molecule has 0 amide bonds. The van der Waals surface area contributed by atoms with E-state index in [1.165, 1.54) is 6.07 Å². The van der Waals surface area contributed by atoms with Crippen molar-refractivity contribution in [2.75, 3.05) is 0 Å². The minimum atomic E-state index is -0.853. The average Bonchev–Trinajstić information content (AvgIpc) is 3.11. The number of pyridine rings is 1. The molecule has 0 bridgehead atoms. The summed E-state index contributed by atoms with van der Waals surface area (Å²) >= 11 is 0. The van der Waals surface area contributed by atoms with Crippen LogP contribution >= 0.6 is 0 Å². The summed E-state index contributed by atoms with van der Waals surface area (Å²) in [6.45, 7) is 4.13. The predicted molar refractivity (Wildman–Crippen MR) is 109 cm³/mol. The third-order valence-corrected chi connectivity index (χ3v) is 4.34. The van der Waals surface area contributed by atoms with Crippen molar-refractivity contribution in [2.24, 2.45) is 0 Å². The quantitative estimate of drug-likeness (QED) is 0.532. The van der Waals surface area contributed by atoms with Gasteiger partial charge in [0, 0.05) is 24.0 Å². The molecule has 1 N–H and O–H groups in total. The van der Waals surface area contributed by atoms with Crippen LogP contribution in [0.3, 0.4) is 0 Å². The normalized spacial score (nSPS) is 11.5. The molecule has 0 aliphatic rings. The van der Waals surface area contributed by atoms with Gasteiger partial charge in [-0.05, 0) is 44.2 Å². The van der Waals surface area contributed by atoms with Gasteiger partial charge in [-0.3, -0.25) is 14.5 Å². The number of phenolic OH excluding ortho intramolecular Hbond substituents is 1. The Labute approximate surface area is 160 Å². The molecule has 0 aliphatic carbocycles. The fourth-order valence-electron chi connectivity index (χ4n) is 3.09. The van der Waals surface area contributed by atoms with Gasteiger partial charge < -0.3 is 9.84 Å². The molecule has 0 atom stereocenters. The lowest BCUT2D eigenvalue weighted by atomic mass is 9.61. The average molecular weight is 361 g/mol. The molecule has 136 valence electrons. The molecule has 27 heavy (non-hydrogen) atoms. The molecule has 0 spiro atoms. The van der Waals surface area contributed by atoms with E-state index < -0.39 is 5.40 Å². The topological polar surface area (TPSA) is 77.2 Å². The zero-order valence-corrected chi connectivity index (χ0v) is 15.9. The molecule has 2 aromatic heterocycles. The third-order valence-electron chi connectivity index (χ3n) is 4.34.